The molecule has 94 valence electrons. The molecule has 0 saturated heterocycles. The van der Waals surface area contributed by atoms with Crippen LogP contribution in [-0.4, -0.2) is 19.1 Å². The van der Waals surface area contributed by atoms with Gasteiger partial charge in [0.05, 0.1) is 0 Å². The molecule has 0 heterocycles. The van der Waals surface area contributed by atoms with Crippen LogP contribution in [0.3, 0.4) is 0 Å². The molecule has 2 atom stereocenters. The molecule has 0 aliphatic carbocycles. The Bertz CT molecular complexity index is 360. The molecule has 17 heavy (non-hydrogen) atoms. The first-order valence-electron chi connectivity index (χ1n) is 5.69. The SMILES string of the molecule is COC(C)C(=O)NCc1ccc(C(C)N)cc1. The van der Waals surface area contributed by atoms with Gasteiger partial charge in [0.1, 0.15) is 6.10 Å². The van der Waals surface area contributed by atoms with Crippen LogP contribution in [0.25, 0.3) is 0 Å². The molecule has 0 aliphatic heterocycles. The predicted molar refractivity (Wildman–Crippen MR) is 67.4 cm³/mol. The van der Waals surface area contributed by atoms with E-state index in [1.54, 1.807) is 6.92 Å². The third-order valence-corrected chi connectivity index (χ3v) is 2.70. The topological polar surface area (TPSA) is 64.3 Å². The molecule has 0 aromatic heterocycles. The lowest BCUT2D eigenvalue weighted by molar-refractivity contribution is -0.130. The summed E-state index contributed by atoms with van der Waals surface area (Å²) in [6.07, 6.45) is -0.418. The largest absolute Gasteiger partial charge is 0.372 e. The molecule has 1 rings (SSSR count). The first-order valence-corrected chi connectivity index (χ1v) is 5.69. The van der Waals surface area contributed by atoms with Crippen molar-refractivity contribution in [1.82, 2.24) is 5.32 Å². The monoisotopic (exact) mass is 236 g/mol. The summed E-state index contributed by atoms with van der Waals surface area (Å²) >= 11 is 0. The number of carbonyl (C=O) groups is 1. The van der Waals surface area contributed by atoms with Crippen molar-refractivity contribution >= 4 is 5.91 Å². The summed E-state index contributed by atoms with van der Waals surface area (Å²) in [5, 5.41) is 2.80. The quantitative estimate of drug-likeness (QED) is 0.811. The lowest BCUT2D eigenvalue weighted by Gasteiger charge is -2.11. The standard InChI is InChI=1S/C13H20N2O2/c1-9(14)12-6-4-11(5-7-12)8-15-13(16)10(2)17-3/h4-7,9-10H,8,14H2,1-3H3,(H,15,16). The summed E-state index contributed by atoms with van der Waals surface area (Å²) in [5.74, 6) is -0.108. The minimum atomic E-state index is -0.418. The van der Waals surface area contributed by atoms with Crippen LogP contribution in [0, 0.1) is 0 Å². The van der Waals surface area contributed by atoms with E-state index < -0.39 is 6.10 Å². The van der Waals surface area contributed by atoms with E-state index in [1.807, 2.05) is 31.2 Å². The maximum absolute atomic E-state index is 11.5. The summed E-state index contributed by atoms with van der Waals surface area (Å²) in [4.78, 5) is 11.5. The Balaban J connectivity index is 2.50. The van der Waals surface area contributed by atoms with E-state index >= 15 is 0 Å². The molecule has 2 unspecified atom stereocenters. The van der Waals surface area contributed by atoms with Gasteiger partial charge in [0.2, 0.25) is 5.91 Å². The van der Waals surface area contributed by atoms with Crippen molar-refractivity contribution in [2.24, 2.45) is 5.73 Å². The van der Waals surface area contributed by atoms with Gasteiger partial charge >= 0.3 is 0 Å². The van der Waals surface area contributed by atoms with Crippen molar-refractivity contribution in [2.75, 3.05) is 7.11 Å². The molecule has 4 heteroatoms. The van der Waals surface area contributed by atoms with Crippen molar-refractivity contribution in [3.8, 4) is 0 Å². The molecular formula is C13H20N2O2. The van der Waals surface area contributed by atoms with Crippen LogP contribution in [0.5, 0.6) is 0 Å². The number of nitrogens with one attached hydrogen (secondary N) is 1. The van der Waals surface area contributed by atoms with E-state index in [2.05, 4.69) is 5.32 Å². The average Bonchev–Trinajstić information content (AvgIpc) is 2.35. The maximum Gasteiger partial charge on any atom is 0.249 e. The second-order valence-corrected chi connectivity index (χ2v) is 4.13. The first kappa shape index (κ1) is 13.7. The third-order valence-electron chi connectivity index (χ3n) is 2.70. The van der Waals surface area contributed by atoms with Crippen LogP contribution in [0.2, 0.25) is 0 Å². The molecule has 0 aliphatic rings. The molecule has 1 aromatic rings. The van der Waals surface area contributed by atoms with Crippen molar-refractivity contribution in [3.05, 3.63) is 35.4 Å². The highest BCUT2D eigenvalue weighted by atomic mass is 16.5. The number of benzene rings is 1. The summed E-state index contributed by atoms with van der Waals surface area (Å²) < 4.78 is 4.92. The van der Waals surface area contributed by atoms with Crippen LogP contribution in [0.4, 0.5) is 0 Å². The summed E-state index contributed by atoms with van der Waals surface area (Å²) in [6.45, 7) is 4.16. The molecule has 0 saturated carbocycles. The highest BCUT2D eigenvalue weighted by Crippen LogP contribution is 2.10. The van der Waals surface area contributed by atoms with Gasteiger partial charge in [-0.05, 0) is 25.0 Å². The highest BCUT2D eigenvalue weighted by Gasteiger charge is 2.10. The van der Waals surface area contributed by atoms with E-state index in [0.29, 0.717) is 6.54 Å². The molecule has 3 N–H and O–H groups in total. The molecule has 0 fully saturated rings. The summed E-state index contributed by atoms with van der Waals surface area (Å²) in [6, 6.07) is 7.93. The van der Waals surface area contributed by atoms with Crippen LogP contribution in [0.1, 0.15) is 31.0 Å². The number of hydrogen-bond donors (Lipinski definition) is 2. The Hall–Kier alpha value is -1.39. The first-order chi connectivity index (χ1) is 8.04. The lowest BCUT2D eigenvalue weighted by atomic mass is 10.1. The summed E-state index contributed by atoms with van der Waals surface area (Å²) in [7, 11) is 1.52. The molecule has 0 spiro atoms. The number of rotatable bonds is 5. The zero-order valence-electron chi connectivity index (χ0n) is 10.6. The molecular weight excluding hydrogens is 216 g/mol. The van der Waals surface area contributed by atoms with Gasteiger partial charge < -0.3 is 15.8 Å². The van der Waals surface area contributed by atoms with E-state index in [-0.39, 0.29) is 11.9 Å². The zero-order chi connectivity index (χ0) is 12.8. The van der Waals surface area contributed by atoms with E-state index in [4.69, 9.17) is 10.5 Å². The second kappa shape index (κ2) is 6.37. The smallest absolute Gasteiger partial charge is 0.249 e. The van der Waals surface area contributed by atoms with Gasteiger partial charge in [-0.25, -0.2) is 0 Å². The molecule has 1 amide bonds. The van der Waals surface area contributed by atoms with Crippen molar-refractivity contribution in [1.29, 1.82) is 0 Å². The van der Waals surface area contributed by atoms with Crippen LogP contribution < -0.4 is 11.1 Å². The fraction of sp³-hybridized carbons (Fsp3) is 0.462. The Labute approximate surface area is 102 Å². The normalized spacial score (nSPS) is 14.1. The number of amides is 1. The van der Waals surface area contributed by atoms with Gasteiger partial charge in [0.25, 0.3) is 0 Å². The second-order valence-electron chi connectivity index (χ2n) is 4.13. The average molecular weight is 236 g/mol. The Kier molecular flexibility index (Phi) is 5.12. The highest BCUT2D eigenvalue weighted by molar-refractivity contribution is 5.80. The van der Waals surface area contributed by atoms with Crippen molar-refractivity contribution < 1.29 is 9.53 Å². The lowest BCUT2D eigenvalue weighted by Crippen LogP contribution is -2.33. The zero-order valence-corrected chi connectivity index (χ0v) is 10.6. The van der Waals surface area contributed by atoms with Crippen LogP contribution >= 0.6 is 0 Å². The van der Waals surface area contributed by atoms with E-state index in [0.717, 1.165) is 11.1 Å². The number of methoxy groups -OCH3 is 1. The van der Waals surface area contributed by atoms with Gasteiger partial charge in [-0.15, -0.1) is 0 Å². The van der Waals surface area contributed by atoms with Gasteiger partial charge in [-0.3, -0.25) is 4.79 Å². The third kappa shape index (κ3) is 4.17. The van der Waals surface area contributed by atoms with Gasteiger partial charge in [-0.2, -0.15) is 0 Å². The van der Waals surface area contributed by atoms with Gasteiger partial charge in [0.15, 0.2) is 0 Å². The van der Waals surface area contributed by atoms with Gasteiger partial charge in [-0.1, -0.05) is 24.3 Å². The van der Waals surface area contributed by atoms with E-state index in [9.17, 15) is 4.79 Å². The van der Waals surface area contributed by atoms with Crippen molar-refractivity contribution in [2.45, 2.75) is 32.5 Å². The minimum absolute atomic E-state index is 0.0344. The number of carbonyl (C=O) groups excluding carboxylic acids is 1. The summed E-state index contributed by atoms with van der Waals surface area (Å²) in [5.41, 5.74) is 7.89. The van der Waals surface area contributed by atoms with Crippen molar-refractivity contribution in [3.63, 3.8) is 0 Å². The van der Waals surface area contributed by atoms with E-state index in [1.165, 1.54) is 7.11 Å². The Morgan fingerprint density at radius 1 is 1.35 bits per heavy atom. The number of ether oxygens (including phenoxy) is 1. The minimum Gasteiger partial charge on any atom is -0.372 e. The molecule has 1 aromatic carbocycles. The Morgan fingerprint density at radius 3 is 2.41 bits per heavy atom. The van der Waals surface area contributed by atoms with Gasteiger partial charge in [0, 0.05) is 19.7 Å². The predicted octanol–water partition coefficient (Wildman–Crippen LogP) is 1.36. The number of hydrogen-bond acceptors (Lipinski definition) is 3. The molecule has 0 radical (unpaired) electrons. The van der Waals surface area contributed by atoms with Crippen LogP contribution in [0.15, 0.2) is 24.3 Å². The Morgan fingerprint density at radius 2 is 1.94 bits per heavy atom. The number of nitrogens with two attached hydrogens (primary N) is 1. The van der Waals surface area contributed by atoms with Crippen LogP contribution in [-0.2, 0) is 16.1 Å². The maximum atomic E-state index is 11.5. The molecule has 4 nitrogen and oxygen atoms in total. The fourth-order valence-corrected chi connectivity index (χ4v) is 1.38. The fourth-order valence-electron chi connectivity index (χ4n) is 1.38. The molecule has 0 bridgehead atoms.